The van der Waals surface area contributed by atoms with Crippen LogP contribution in [0.4, 0.5) is 0 Å². The molecule has 5 heteroatoms. The number of aryl methyl sites for hydroxylation is 1. The lowest BCUT2D eigenvalue weighted by atomic mass is 10.1. The summed E-state index contributed by atoms with van der Waals surface area (Å²) in [7, 11) is 0. The minimum absolute atomic E-state index is 0.203. The molecule has 1 heterocycles. The molecular weight excluding hydrogens is 254 g/mol. The van der Waals surface area contributed by atoms with Crippen LogP contribution in [-0.2, 0) is 13.0 Å². The van der Waals surface area contributed by atoms with Crippen LogP contribution in [0.2, 0.25) is 0 Å². The number of aliphatic hydroxyl groups excluding tert-OH is 1. The number of hydrogen-bond acceptors (Lipinski definition) is 3. The van der Waals surface area contributed by atoms with Crippen molar-refractivity contribution in [2.45, 2.75) is 32.0 Å². The van der Waals surface area contributed by atoms with E-state index in [4.69, 9.17) is 0 Å². The first-order chi connectivity index (χ1) is 9.69. The summed E-state index contributed by atoms with van der Waals surface area (Å²) in [6, 6.07) is 7.46. The highest BCUT2D eigenvalue weighted by Gasteiger charge is 2.32. The van der Waals surface area contributed by atoms with E-state index in [0.717, 1.165) is 17.7 Å². The smallest absolute Gasteiger partial charge is 0.255 e. The van der Waals surface area contributed by atoms with Gasteiger partial charge in [-0.25, -0.2) is 0 Å². The van der Waals surface area contributed by atoms with Crippen LogP contribution in [0.25, 0.3) is 0 Å². The zero-order valence-corrected chi connectivity index (χ0v) is 11.3. The summed E-state index contributed by atoms with van der Waals surface area (Å²) in [5.41, 5.74) is 2.61. The van der Waals surface area contributed by atoms with Crippen molar-refractivity contribution < 1.29 is 9.90 Å². The molecule has 0 saturated carbocycles. The average Bonchev–Trinajstić information content (AvgIpc) is 3.04. The van der Waals surface area contributed by atoms with Gasteiger partial charge in [0.05, 0.1) is 23.9 Å². The molecule has 2 atom stereocenters. The molecule has 1 aliphatic carbocycles. The first-order valence-electron chi connectivity index (χ1n) is 6.78. The molecule has 2 N–H and O–H groups in total. The third-order valence-corrected chi connectivity index (χ3v) is 3.71. The monoisotopic (exact) mass is 271 g/mol. The van der Waals surface area contributed by atoms with Crippen molar-refractivity contribution >= 4 is 5.91 Å². The van der Waals surface area contributed by atoms with E-state index in [1.54, 1.807) is 17.1 Å². The van der Waals surface area contributed by atoms with E-state index >= 15 is 0 Å². The van der Waals surface area contributed by atoms with E-state index in [0.29, 0.717) is 12.0 Å². The maximum atomic E-state index is 12.2. The molecule has 0 spiro atoms. The molecular formula is C15H17N3O2. The largest absolute Gasteiger partial charge is 0.390 e. The molecule has 0 bridgehead atoms. The van der Waals surface area contributed by atoms with Gasteiger partial charge in [0.15, 0.2) is 0 Å². The Morgan fingerprint density at radius 3 is 3.05 bits per heavy atom. The predicted octanol–water partition coefficient (Wildman–Crippen LogP) is 1.29. The highest BCUT2D eigenvalue weighted by atomic mass is 16.3. The van der Waals surface area contributed by atoms with Crippen LogP contribution in [0.5, 0.6) is 0 Å². The number of aliphatic hydroxyl groups is 1. The Hall–Kier alpha value is -2.14. The number of rotatable bonds is 3. The number of aromatic nitrogens is 2. The van der Waals surface area contributed by atoms with Gasteiger partial charge in [-0.05, 0) is 18.1 Å². The Balaban J connectivity index is 1.79. The van der Waals surface area contributed by atoms with Crippen LogP contribution in [0.1, 0.15) is 34.5 Å². The van der Waals surface area contributed by atoms with Gasteiger partial charge in [-0.2, -0.15) is 5.10 Å². The molecule has 5 nitrogen and oxygen atoms in total. The third kappa shape index (κ3) is 2.20. The second kappa shape index (κ2) is 5.09. The number of nitrogens with one attached hydrogen (secondary N) is 1. The van der Waals surface area contributed by atoms with Crippen molar-refractivity contribution in [1.29, 1.82) is 0 Å². The highest BCUT2D eigenvalue weighted by Crippen LogP contribution is 2.31. The molecule has 104 valence electrons. The molecule has 0 radical (unpaired) electrons. The molecule has 2 aromatic rings. The first-order valence-corrected chi connectivity index (χ1v) is 6.78. The number of hydrogen-bond donors (Lipinski definition) is 2. The Morgan fingerprint density at radius 2 is 2.30 bits per heavy atom. The number of carbonyl (C=O) groups is 1. The van der Waals surface area contributed by atoms with Gasteiger partial charge in [-0.3, -0.25) is 9.48 Å². The fourth-order valence-electron chi connectivity index (χ4n) is 2.63. The minimum atomic E-state index is -0.572. The molecule has 1 amide bonds. The Bertz CT molecular complexity index is 636. The fraction of sp³-hybridized carbons (Fsp3) is 0.333. The normalized spacial score (nSPS) is 20.7. The summed E-state index contributed by atoms with van der Waals surface area (Å²) in [5.74, 6) is -0.203. The standard InChI is InChI=1S/C15H17N3O2/c1-2-18-9-11(8-16-18)15(20)17-14-12-6-4-3-5-10(12)7-13(14)19/h3-6,8-9,13-14,19H,2,7H2,1H3,(H,17,20)/t13-,14+/m1/s1. The van der Waals surface area contributed by atoms with E-state index < -0.39 is 6.10 Å². The van der Waals surface area contributed by atoms with Gasteiger partial charge in [0.25, 0.3) is 5.91 Å². The van der Waals surface area contributed by atoms with E-state index in [-0.39, 0.29) is 11.9 Å². The maximum absolute atomic E-state index is 12.2. The fourth-order valence-corrected chi connectivity index (χ4v) is 2.63. The predicted molar refractivity (Wildman–Crippen MR) is 74.3 cm³/mol. The topological polar surface area (TPSA) is 67.2 Å². The summed E-state index contributed by atoms with van der Waals surface area (Å²) in [5, 5.41) is 17.1. The van der Waals surface area contributed by atoms with E-state index in [2.05, 4.69) is 10.4 Å². The van der Waals surface area contributed by atoms with Gasteiger partial charge in [0.1, 0.15) is 0 Å². The Kier molecular flexibility index (Phi) is 3.28. The summed E-state index contributed by atoms with van der Waals surface area (Å²) in [4.78, 5) is 12.2. The summed E-state index contributed by atoms with van der Waals surface area (Å²) in [6.45, 7) is 2.69. The van der Waals surface area contributed by atoms with Gasteiger partial charge in [0.2, 0.25) is 0 Å². The van der Waals surface area contributed by atoms with E-state index in [1.165, 1.54) is 0 Å². The van der Waals surface area contributed by atoms with Gasteiger partial charge in [-0.15, -0.1) is 0 Å². The minimum Gasteiger partial charge on any atom is -0.390 e. The molecule has 1 aromatic heterocycles. The van der Waals surface area contributed by atoms with Crippen LogP contribution in [0.3, 0.4) is 0 Å². The summed E-state index contributed by atoms with van der Waals surface area (Å²) >= 11 is 0. The number of carbonyl (C=O) groups excluding carboxylic acids is 1. The number of fused-ring (bicyclic) bond motifs is 1. The average molecular weight is 271 g/mol. The van der Waals surface area contributed by atoms with Gasteiger partial charge in [-0.1, -0.05) is 24.3 Å². The third-order valence-electron chi connectivity index (χ3n) is 3.71. The van der Waals surface area contributed by atoms with Crippen LogP contribution in [-0.4, -0.2) is 26.9 Å². The molecule has 3 rings (SSSR count). The van der Waals surface area contributed by atoms with Crippen LogP contribution in [0.15, 0.2) is 36.7 Å². The van der Waals surface area contributed by atoms with Crippen LogP contribution >= 0.6 is 0 Å². The molecule has 1 aromatic carbocycles. The summed E-state index contributed by atoms with van der Waals surface area (Å²) < 4.78 is 1.70. The second-order valence-electron chi connectivity index (χ2n) is 5.01. The quantitative estimate of drug-likeness (QED) is 0.884. The van der Waals surface area contributed by atoms with Crippen molar-refractivity contribution in [3.8, 4) is 0 Å². The Morgan fingerprint density at radius 1 is 1.50 bits per heavy atom. The first kappa shape index (κ1) is 12.9. The zero-order chi connectivity index (χ0) is 14.1. The maximum Gasteiger partial charge on any atom is 0.255 e. The number of nitrogens with zero attached hydrogens (tertiary/aromatic N) is 2. The van der Waals surface area contributed by atoms with Crippen molar-refractivity contribution in [1.82, 2.24) is 15.1 Å². The van der Waals surface area contributed by atoms with Crippen molar-refractivity contribution in [2.24, 2.45) is 0 Å². The van der Waals surface area contributed by atoms with Crippen LogP contribution < -0.4 is 5.32 Å². The lowest BCUT2D eigenvalue weighted by Crippen LogP contribution is -2.33. The Labute approximate surface area is 117 Å². The zero-order valence-electron chi connectivity index (χ0n) is 11.3. The molecule has 0 fully saturated rings. The molecule has 0 saturated heterocycles. The van der Waals surface area contributed by atoms with Crippen molar-refractivity contribution in [3.05, 3.63) is 53.3 Å². The van der Waals surface area contributed by atoms with E-state index in [1.807, 2.05) is 31.2 Å². The van der Waals surface area contributed by atoms with Crippen molar-refractivity contribution in [2.75, 3.05) is 0 Å². The molecule has 0 aliphatic heterocycles. The highest BCUT2D eigenvalue weighted by molar-refractivity contribution is 5.94. The van der Waals surface area contributed by atoms with Crippen molar-refractivity contribution in [3.63, 3.8) is 0 Å². The molecule has 20 heavy (non-hydrogen) atoms. The number of amides is 1. The lowest BCUT2D eigenvalue weighted by Gasteiger charge is -2.17. The molecule has 1 aliphatic rings. The van der Waals surface area contributed by atoms with Gasteiger partial charge < -0.3 is 10.4 Å². The second-order valence-corrected chi connectivity index (χ2v) is 5.01. The van der Waals surface area contributed by atoms with Gasteiger partial charge >= 0.3 is 0 Å². The van der Waals surface area contributed by atoms with E-state index in [9.17, 15) is 9.90 Å². The lowest BCUT2D eigenvalue weighted by molar-refractivity contribution is 0.0858. The van der Waals surface area contributed by atoms with Gasteiger partial charge in [0, 0.05) is 19.2 Å². The number of benzene rings is 1. The summed E-state index contributed by atoms with van der Waals surface area (Å²) in [6.07, 6.45) is 3.27. The molecule has 0 unspecified atom stereocenters. The SMILES string of the molecule is CCn1cc(C(=O)N[C@H]2c3ccccc3C[C@H]2O)cn1. The van der Waals surface area contributed by atoms with Crippen LogP contribution in [0, 0.1) is 0 Å².